The van der Waals surface area contributed by atoms with Gasteiger partial charge in [0.15, 0.2) is 5.65 Å². The van der Waals surface area contributed by atoms with Gasteiger partial charge in [-0.25, -0.2) is 9.50 Å². The summed E-state index contributed by atoms with van der Waals surface area (Å²) in [6, 6.07) is 8.12. The third-order valence-corrected chi connectivity index (χ3v) is 3.23. The normalized spacial score (nSPS) is 12.7. The lowest BCUT2D eigenvalue weighted by Crippen LogP contribution is -2.19. The Morgan fingerprint density at radius 1 is 1.30 bits per heavy atom. The van der Waals surface area contributed by atoms with E-state index < -0.39 is 0 Å². The second-order valence-corrected chi connectivity index (χ2v) is 4.91. The molecule has 0 saturated carbocycles. The molecular weight excluding hydrogens is 250 g/mol. The van der Waals surface area contributed by atoms with Crippen LogP contribution in [-0.2, 0) is 6.54 Å². The third-order valence-electron chi connectivity index (χ3n) is 3.23. The number of rotatable bonds is 4. The maximum atomic E-state index is 4.40. The predicted octanol–water partition coefficient (Wildman–Crippen LogP) is 2.28. The number of aryl methyl sites for hydroxylation is 1. The largest absolute Gasteiger partial charge is 0.305 e. The van der Waals surface area contributed by atoms with Crippen molar-refractivity contribution in [3.8, 4) is 0 Å². The molecular formula is C15H17N5. The van der Waals surface area contributed by atoms with Gasteiger partial charge in [0.1, 0.15) is 0 Å². The highest BCUT2D eigenvalue weighted by Crippen LogP contribution is 2.10. The minimum absolute atomic E-state index is 0.200. The minimum Gasteiger partial charge on any atom is -0.305 e. The maximum Gasteiger partial charge on any atom is 0.155 e. The first-order chi connectivity index (χ1) is 9.72. The number of aromatic nitrogens is 4. The van der Waals surface area contributed by atoms with Crippen molar-refractivity contribution in [1.29, 1.82) is 0 Å². The Morgan fingerprint density at radius 2 is 2.20 bits per heavy atom. The number of nitrogens with one attached hydrogen (secondary N) is 1. The fourth-order valence-corrected chi connectivity index (χ4v) is 2.13. The maximum absolute atomic E-state index is 4.40. The van der Waals surface area contributed by atoms with Crippen LogP contribution in [0.15, 0.2) is 42.9 Å². The van der Waals surface area contributed by atoms with E-state index in [1.165, 1.54) is 0 Å². The Morgan fingerprint density at radius 3 is 3.00 bits per heavy atom. The molecule has 0 amide bonds. The molecule has 0 unspecified atom stereocenters. The first-order valence-electron chi connectivity index (χ1n) is 6.67. The molecule has 0 aliphatic carbocycles. The van der Waals surface area contributed by atoms with Crippen molar-refractivity contribution in [2.75, 3.05) is 0 Å². The lowest BCUT2D eigenvalue weighted by atomic mass is 10.2. The number of fused-ring (bicyclic) bond motifs is 1. The van der Waals surface area contributed by atoms with Crippen molar-refractivity contribution in [2.24, 2.45) is 0 Å². The van der Waals surface area contributed by atoms with Gasteiger partial charge in [-0.1, -0.05) is 6.07 Å². The van der Waals surface area contributed by atoms with E-state index in [1.807, 2.05) is 54.3 Å². The van der Waals surface area contributed by atoms with Crippen molar-refractivity contribution in [1.82, 2.24) is 24.9 Å². The van der Waals surface area contributed by atoms with Gasteiger partial charge in [-0.15, -0.1) is 0 Å². The molecule has 0 aliphatic heterocycles. The van der Waals surface area contributed by atoms with Crippen molar-refractivity contribution < 1.29 is 0 Å². The molecule has 0 spiro atoms. The van der Waals surface area contributed by atoms with Crippen LogP contribution >= 0.6 is 0 Å². The van der Waals surface area contributed by atoms with Crippen LogP contribution in [0.25, 0.3) is 5.65 Å². The first kappa shape index (κ1) is 12.7. The van der Waals surface area contributed by atoms with Gasteiger partial charge in [0, 0.05) is 42.8 Å². The summed E-state index contributed by atoms with van der Waals surface area (Å²) in [5.74, 6) is 0. The fourth-order valence-electron chi connectivity index (χ4n) is 2.13. The average Bonchev–Trinajstić information content (AvgIpc) is 2.85. The summed E-state index contributed by atoms with van der Waals surface area (Å²) in [5.41, 5.74) is 3.99. The smallest absolute Gasteiger partial charge is 0.155 e. The van der Waals surface area contributed by atoms with Crippen LogP contribution < -0.4 is 5.32 Å². The van der Waals surface area contributed by atoms with Crippen molar-refractivity contribution in [3.63, 3.8) is 0 Å². The van der Waals surface area contributed by atoms with Gasteiger partial charge >= 0.3 is 0 Å². The molecule has 3 aromatic rings. The number of nitrogens with zero attached hydrogens (tertiary/aromatic N) is 4. The Labute approximate surface area is 117 Å². The van der Waals surface area contributed by atoms with Crippen LogP contribution in [0.3, 0.4) is 0 Å². The minimum atomic E-state index is 0.200. The molecule has 0 aliphatic rings. The monoisotopic (exact) mass is 267 g/mol. The van der Waals surface area contributed by atoms with E-state index in [0.29, 0.717) is 0 Å². The molecule has 3 heterocycles. The van der Waals surface area contributed by atoms with E-state index in [1.54, 1.807) is 0 Å². The van der Waals surface area contributed by atoms with Crippen LogP contribution in [0.4, 0.5) is 0 Å². The molecule has 0 aromatic carbocycles. The van der Waals surface area contributed by atoms with Gasteiger partial charge in [-0.3, -0.25) is 4.98 Å². The summed E-state index contributed by atoms with van der Waals surface area (Å²) in [5, 5.41) is 7.82. The van der Waals surface area contributed by atoms with Crippen molar-refractivity contribution in [2.45, 2.75) is 26.4 Å². The molecule has 102 valence electrons. The summed E-state index contributed by atoms with van der Waals surface area (Å²) in [6.45, 7) is 4.81. The molecule has 0 saturated heterocycles. The van der Waals surface area contributed by atoms with Crippen LogP contribution in [0.1, 0.15) is 29.9 Å². The van der Waals surface area contributed by atoms with Crippen LogP contribution in [0.2, 0.25) is 0 Å². The molecule has 1 N–H and O–H groups in total. The highest BCUT2D eigenvalue weighted by molar-refractivity contribution is 5.38. The van der Waals surface area contributed by atoms with Crippen LogP contribution in [-0.4, -0.2) is 19.6 Å². The zero-order valence-electron chi connectivity index (χ0n) is 11.6. The van der Waals surface area contributed by atoms with E-state index in [4.69, 9.17) is 0 Å². The number of hydrogen-bond acceptors (Lipinski definition) is 4. The zero-order chi connectivity index (χ0) is 13.9. The van der Waals surface area contributed by atoms with Crippen molar-refractivity contribution >= 4 is 5.65 Å². The molecule has 5 heteroatoms. The quantitative estimate of drug-likeness (QED) is 0.788. The molecule has 0 radical (unpaired) electrons. The van der Waals surface area contributed by atoms with E-state index in [9.17, 15) is 0 Å². The highest BCUT2D eigenvalue weighted by Gasteiger charge is 2.06. The lowest BCUT2D eigenvalue weighted by molar-refractivity contribution is 0.559. The summed E-state index contributed by atoms with van der Waals surface area (Å²) in [7, 11) is 0. The summed E-state index contributed by atoms with van der Waals surface area (Å²) < 4.78 is 1.82. The lowest BCUT2D eigenvalue weighted by Gasteiger charge is -2.13. The van der Waals surface area contributed by atoms with E-state index in [-0.39, 0.29) is 6.04 Å². The summed E-state index contributed by atoms with van der Waals surface area (Å²) in [4.78, 5) is 8.75. The number of hydrogen-bond donors (Lipinski definition) is 1. The standard InChI is InChI=1S/C15H17N5/c1-11-7-15-18-9-13(10-20(15)19-11)8-17-12(2)14-5-3-4-6-16-14/h3-7,9-10,12,17H,8H2,1-2H3/t12-/m0/s1. The van der Waals surface area contributed by atoms with Gasteiger partial charge in [0.05, 0.1) is 11.4 Å². The van der Waals surface area contributed by atoms with Gasteiger partial charge in [-0.2, -0.15) is 5.10 Å². The van der Waals surface area contributed by atoms with Gasteiger partial charge < -0.3 is 5.32 Å². The van der Waals surface area contributed by atoms with Gasteiger partial charge in [0.25, 0.3) is 0 Å². The van der Waals surface area contributed by atoms with Crippen molar-refractivity contribution in [3.05, 3.63) is 59.8 Å². The molecule has 3 aromatic heterocycles. The van der Waals surface area contributed by atoms with E-state index in [0.717, 1.165) is 29.1 Å². The molecule has 0 fully saturated rings. The SMILES string of the molecule is Cc1cc2ncc(CN[C@@H](C)c3ccccn3)cn2n1. The third kappa shape index (κ3) is 2.67. The first-order valence-corrected chi connectivity index (χ1v) is 6.67. The van der Waals surface area contributed by atoms with Crippen LogP contribution in [0, 0.1) is 6.92 Å². The van der Waals surface area contributed by atoms with E-state index in [2.05, 4.69) is 27.3 Å². The Hall–Kier alpha value is -2.27. The topological polar surface area (TPSA) is 55.1 Å². The van der Waals surface area contributed by atoms with Gasteiger partial charge in [0.2, 0.25) is 0 Å². The summed E-state index contributed by atoms with van der Waals surface area (Å²) >= 11 is 0. The molecule has 0 bridgehead atoms. The Bertz CT molecular complexity index is 705. The highest BCUT2D eigenvalue weighted by atomic mass is 15.2. The van der Waals surface area contributed by atoms with Crippen LogP contribution in [0.5, 0.6) is 0 Å². The summed E-state index contributed by atoms with van der Waals surface area (Å²) in [6.07, 6.45) is 5.70. The van der Waals surface area contributed by atoms with E-state index >= 15 is 0 Å². The predicted molar refractivity (Wildman–Crippen MR) is 77.2 cm³/mol. The molecule has 3 rings (SSSR count). The molecule has 5 nitrogen and oxygen atoms in total. The average molecular weight is 267 g/mol. The second-order valence-electron chi connectivity index (χ2n) is 4.91. The molecule has 20 heavy (non-hydrogen) atoms. The second kappa shape index (κ2) is 5.38. The molecule has 1 atom stereocenters. The van der Waals surface area contributed by atoms with Gasteiger partial charge in [-0.05, 0) is 26.0 Å². The zero-order valence-corrected chi connectivity index (χ0v) is 11.6. The Kier molecular flexibility index (Phi) is 3.43. The number of pyridine rings is 1. The Balaban J connectivity index is 1.70. The fraction of sp³-hybridized carbons (Fsp3) is 0.267.